The van der Waals surface area contributed by atoms with Gasteiger partial charge in [0.25, 0.3) is 0 Å². The molecule has 3 heterocycles. The number of urea groups is 1. The minimum Gasteiger partial charge on any atom is -0.351 e. The summed E-state index contributed by atoms with van der Waals surface area (Å²) in [5.41, 5.74) is 9.07. The van der Waals surface area contributed by atoms with E-state index in [1.54, 1.807) is 17.3 Å². The second-order valence-electron chi connectivity index (χ2n) is 10.1. The minimum absolute atomic E-state index is 0.0310. The largest absolute Gasteiger partial charge is 0.351 e. The van der Waals surface area contributed by atoms with E-state index in [1.807, 2.05) is 29.5 Å². The monoisotopic (exact) mass is 475 g/mol. The van der Waals surface area contributed by atoms with Crippen LogP contribution in [0.2, 0.25) is 0 Å². The average Bonchev–Trinajstić information content (AvgIpc) is 3.49. The van der Waals surface area contributed by atoms with Crippen LogP contribution in [0, 0.1) is 5.41 Å². The fourth-order valence-electron chi connectivity index (χ4n) is 5.17. The van der Waals surface area contributed by atoms with Gasteiger partial charge in [0, 0.05) is 28.1 Å². The lowest BCUT2D eigenvalue weighted by atomic mass is 9.64. The number of primary amides is 1. The van der Waals surface area contributed by atoms with Gasteiger partial charge in [-0.05, 0) is 54.2 Å². The van der Waals surface area contributed by atoms with E-state index in [0.717, 1.165) is 42.5 Å². The summed E-state index contributed by atoms with van der Waals surface area (Å²) in [6.45, 7) is 5.12. The molecular weight excluding hydrogens is 446 g/mol. The summed E-state index contributed by atoms with van der Waals surface area (Å²) in [7, 11) is 0. The number of fused-ring (bicyclic) bond motifs is 1. The van der Waals surface area contributed by atoms with Crippen molar-refractivity contribution in [1.29, 1.82) is 0 Å². The van der Waals surface area contributed by atoms with Crippen molar-refractivity contribution in [3.8, 4) is 11.4 Å². The molecule has 5 rings (SSSR count). The van der Waals surface area contributed by atoms with Crippen molar-refractivity contribution in [3.63, 3.8) is 0 Å². The van der Waals surface area contributed by atoms with E-state index in [2.05, 4.69) is 46.6 Å². The second kappa shape index (κ2) is 8.51. The van der Waals surface area contributed by atoms with Crippen LogP contribution in [-0.4, -0.2) is 28.5 Å². The van der Waals surface area contributed by atoms with Crippen LogP contribution in [0.5, 0.6) is 0 Å². The number of hydrogen-bond donors (Lipinski definition) is 2. The third kappa shape index (κ3) is 4.18. The van der Waals surface area contributed by atoms with Crippen molar-refractivity contribution in [3.05, 3.63) is 58.5 Å². The Balaban J connectivity index is 1.33. The molecule has 7 nitrogen and oxygen atoms in total. The first-order valence-electron chi connectivity index (χ1n) is 11.6. The molecule has 3 amide bonds. The predicted molar refractivity (Wildman–Crippen MR) is 135 cm³/mol. The molecule has 2 aliphatic rings. The van der Waals surface area contributed by atoms with E-state index >= 15 is 0 Å². The van der Waals surface area contributed by atoms with Crippen molar-refractivity contribution in [1.82, 2.24) is 9.97 Å². The first kappa shape index (κ1) is 22.5. The molecule has 0 atom stereocenters. The molecule has 1 aliphatic carbocycles. The van der Waals surface area contributed by atoms with Gasteiger partial charge >= 0.3 is 6.03 Å². The number of nitrogens with one attached hydrogen (secondary N) is 1. The van der Waals surface area contributed by atoms with Crippen LogP contribution in [0.4, 0.5) is 16.2 Å². The maximum Gasteiger partial charge on any atom is 0.319 e. The molecule has 3 N–H and O–H groups in total. The van der Waals surface area contributed by atoms with E-state index in [1.165, 1.54) is 4.88 Å². The molecule has 0 spiro atoms. The highest BCUT2D eigenvalue weighted by Crippen LogP contribution is 2.48. The molecule has 176 valence electrons. The number of aromatic nitrogens is 2. The Kier molecular flexibility index (Phi) is 5.64. The van der Waals surface area contributed by atoms with Gasteiger partial charge in [0.1, 0.15) is 0 Å². The molecule has 1 fully saturated rings. The quantitative estimate of drug-likeness (QED) is 0.534. The predicted octanol–water partition coefficient (Wildman–Crippen LogP) is 5.12. The maximum absolute atomic E-state index is 12.4. The third-order valence-corrected chi connectivity index (χ3v) is 8.64. The molecule has 0 bridgehead atoms. The van der Waals surface area contributed by atoms with Crippen LogP contribution in [0.25, 0.3) is 11.4 Å². The van der Waals surface area contributed by atoms with Crippen LogP contribution in [-0.2, 0) is 16.6 Å². The highest BCUT2D eigenvalue weighted by atomic mass is 32.1. The standard InChI is InChI=1S/C26H29N5O2S/c1-25(8-10-26(2,11-9-25)21-7-4-12-34-21)16-31(24(27)33)17-14-28-23(29-15-17)18-5-3-6-20-19(18)13-22(32)30-20/h3-7,12,14-15H,8-11,13,16H2,1-2H3,(H2,27,33)(H,30,32)/t25-,26+. The van der Waals surface area contributed by atoms with Crippen LogP contribution >= 0.6 is 11.3 Å². The number of rotatable bonds is 5. The molecule has 0 saturated heterocycles. The van der Waals surface area contributed by atoms with Crippen LogP contribution < -0.4 is 16.0 Å². The number of hydrogen-bond acceptors (Lipinski definition) is 5. The van der Waals surface area contributed by atoms with Gasteiger partial charge < -0.3 is 11.1 Å². The molecule has 1 aromatic carbocycles. The van der Waals surface area contributed by atoms with Crippen molar-refractivity contribution >= 4 is 34.6 Å². The smallest absolute Gasteiger partial charge is 0.319 e. The second-order valence-corrected chi connectivity index (χ2v) is 11.0. The van der Waals surface area contributed by atoms with Gasteiger partial charge in [-0.3, -0.25) is 9.69 Å². The highest BCUT2D eigenvalue weighted by Gasteiger charge is 2.40. The summed E-state index contributed by atoms with van der Waals surface area (Å²) in [6.07, 6.45) is 7.81. The average molecular weight is 476 g/mol. The van der Waals surface area contributed by atoms with Gasteiger partial charge in [0.15, 0.2) is 5.82 Å². The maximum atomic E-state index is 12.4. The number of nitrogens with zero attached hydrogens (tertiary/aromatic N) is 3. The normalized spacial score (nSPS) is 23.9. The van der Waals surface area contributed by atoms with Crippen LogP contribution in [0.1, 0.15) is 50.0 Å². The van der Waals surface area contributed by atoms with Crippen molar-refractivity contribution in [2.75, 3.05) is 16.8 Å². The van der Waals surface area contributed by atoms with Crippen molar-refractivity contribution in [2.24, 2.45) is 11.1 Å². The fraction of sp³-hybridized carbons (Fsp3) is 0.385. The minimum atomic E-state index is -0.500. The number of anilines is 2. The van der Waals surface area contributed by atoms with Crippen molar-refractivity contribution < 1.29 is 9.59 Å². The summed E-state index contributed by atoms with van der Waals surface area (Å²) in [5, 5.41) is 5.00. The topological polar surface area (TPSA) is 101 Å². The molecule has 2 aromatic heterocycles. The SMILES string of the molecule is C[C@]1(CN(C(N)=O)c2cnc(-c3cccc4c3CC(=O)N4)nc2)CC[C@@](C)(c2cccs2)CC1. The lowest BCUT2D eigenvalue weighted by Crippen LogP contribution is -2.46. The number of nitrogens with two attached hydrogens (primary N) is 1. The number of amides is 3. The Labute approximate surface area is 203 Å². The van der Waals surface area contributed by atoms with E-state index in [9.17, 15) is 9.59 Å². The Hall–Kier alpha value is -3.26. The van der Waals surface area contributed by atoms with E-state index in [0.29, 0.717) is 24.5 Å². The fourth-order valence-corrected chi connectivity index (χ4v) is 6.12. The summed E-state index contributed by atoms with van der Waals surface area (Å²) in [5.74, 6) is 0.493. The molecule has 8 heteroatoms. The summed E-state index contributed by atoms with van der Waals surface area (Å²) in [4.78, 5) is 36.3. The summed E-state index contributed by atoms with van der Waals surface area (Å²) in [6, 6.07) is 9.51. The first-order valence-corrected chi connectivity index (χ1v) is 12.5. The zero-order valence-corrected chi connectivity index (χ0v) is 20.3. The van der Waals surface area contributed by atoms with Gasteiger partial charge in [-0.1, -0.05) is 32.0 Å². The molecule has 34 heavy (non-hydrogen) atoms. The Morgan fingerprint density at radius 3 is 2.50 bits per heavy atom. The van der Waals surface area contributed by atoms with Crippen molar-refractivity contribution in [2.45, 2.75) is 51.4 Å². The van der Waals surface area contributed by atoms with Gasteiger partial charge in [-0.15, -0.1) is 11.3 Å². The Morgan fingerprint density at radius 1 is 1.12 bits per heavy atom. The van der Waals surface area contributed by atoms with Gasteiger partial charge in [0.2, 0.25) is 5.91 Å². The third-order valence-electron chi connectivity index (χ3n) is 7.46. The van der Waals surface area contributed by atoms with Gasteiger partial charge in [-0.25, -0.2) is 14.8 Å². The zero-order valence-electron chi connectivity index (χ0n) is 19.5. The van der Waals surface area contributed by atoms with Gasteiger partial charge in [-0.2, -0.15) is 0 Å². The molecule has 1 saturated carbocycles. The first-order chi connectivity index (χ1) is 16.3. The van der Waals surface area contributed by atoms with Crippen LogP contribution in [0.3, 0.4) is 0 Å². The number of benzene rings is 1. The Morgan fingerprint density at radius 2 is 1.85 bits per heavy atom. The molecule has 0 radical (unpaired) electrons. The van der Waals surface area contributed by atoms with Gasteiger partial charge in [0.05, 0.1) is 24.5 Å². The summed E-state index contributed by atoms with van der Waals surface area (Å²) < 4.78 is 0. The summed E-state index contributed by atoms with van der Waals surface area (Å²) >= 11 is 1.83. The van der Waals surface area contributed by atoms with E-state index < -0.39 is 6.03 Å². The molecular formula is C26H29N5O2S. The lowest BCUT2D eigenvalue weighted by molar-refractivity contribution is -0.115. The number of carbonyl (C=O) groups is 2. The van der Waals surface area contributed by atoms with E-state index in [4.69, 9.17) is 5.73 Å². The number of carbonyl (C=O) groups excluding carboxylic acids is 2. The lowest BCUT2D eigenvalue weighted by Gasteiger charge is -2.44. The van der Waals surface area contributed by atoms with Crippen LogP contribution in [0.15, 0.2) is 48.1 Å². The molecule has 3 aromatic rings. The molecule has 1 aliphatic heterocycles. The highest BCUT2D eigenvalue weighted by molar-refractivity contribution is 7.10. The zero-order chi connectivity index (χ0) is 23.9. The Bertz CT molecular complexity index is 1210. The van der Waals surface area contributed by atoms with E-state index in [-0.39, 0.29) is 16.7 Å². The number of thiophene rings is 1. The molecule has 0 unspecified atom stereocenters.